The number of nitrogens with zero attached hydrogens (tertiary/aromatic N) is 2. The lowest BCUT2D eigenvalue weighted by atomic mass is 10.2. The Morgan fingerprint density at radius 1 is 1.16 bits per heavy atom. The number of hydrogen-bond donors (Lipinski definition) is 1. The highest BCUT2D eigenvalue weighted by Crippen LogP contribution is 2.20. The minimum absolute atomic E-state index is 0.0583. The number of benzene rings is 2. The van der Waals surface area contributed by atoms with Crippen LogP contribution in [0.1, 0.15) is 12.0 Å². The zero-order valence-corrected chi connectivity index (χ0v) is 14.9. The first-order valence-corrected chi connectivity index (χ1v) is 9.60. The molecule has 0 saturated heterocycles. The largest absolute Gasteiger partial charge is 0.347 e. The summed E-state index contributed by atoms with van der Waals surface area (Å²) in [5.74, 6) is 0. The van der Waals surface area contributed by atoms with Crippen LogP contribution < -0.4 is 4.72 Å². The third-order valence-corrected chi connectivity index (χ3v) is 5.69. The van der Waals surface area contributed by atoms with Crippen molar-refractivity contribution in [3.8, 4) is 6.07 Å². The average molecular weight is 374 g/mol. The highest BCUT2D eigenvalue weighted by atomic mass is 35.5. The van der Waals surface area contributed by atoms with Crippen molar-refractivity contribution in [2.24, 2.45) is 0 Å². The molecule has 1 heterocycles. The van der Waals surface area contributed by atoms with Crippen molar-refractivity contribution in [2.45, 2.75) is 17.9 Å². The molecule has 2 aromatic carbocycles. The number of hydrogen-bond acceptors (Lipinski definition) is 3. The first-order chi connectivity index (χ1) is 12.0. The van der Waals surface area contributed by atoms with E-state index in [1.165, 1.54) is 18.2 Å². The Morgan fingerprint density at radius 2 is 1.96 bits per heavy atom. The number of fused-ring (bicyclic) bond motifs is 1. The van der Waals surface area contributed by atoms with Crippen molar-refractivity contribution in [3.05, 3.63) is 65.3 Å². The quantitative estimate of drug-likeness (QED) is 0.671. The smallest absolute Gasteiger partial charge is 0.240 e. The molecule has 0 aliphatic heterocycles. The molecule has 1 aromatic heterocycles. The number of halogens is 1. The van der Waals surface area contributed by atoms with Gasteiger partial charge in [0.25, 0.3) is 0 Å². The molecule has 0 unspecified atom stereocenters. The van der Waals surface area contributed by atoms with Gasteiger partial charge in [-0.2, -0.15) is 5.26 Å². The zero-order valence-electron chi connectivity index (χ0n) is 13.3. The number of rotatable bonds is 6. The third kappa shape index (κ3) is 3.85. The van der Waals surface area contributed by atoms with E-state index in [-0.39, 0.29) is 15.5 Å². The Bertz CT molecular complexity index is 1050. The highest BCUT2D eigenvalue weighted by molar-refractivity contribution is 7.89. The molecule has 7 heteroatoms. The van der Waals surface area contributed by atoms with E-state index in [0.29, 0.717) is 19.5 Å². The van der Waals surface area contributed by atoms with Crippen LogP contribution in [0.25, 0.3) is 10.9 Å². The van der Waals surface area contributed by atoms with Gasteiger partial charge >= 0.3 is 0 Å². The van der Waals surface area contributed by atoms with Crippen molar-refractivity contribution in [1.82, 2.24) is 9.29 Å². The van der Waals surface area contributed by atoms with E-state index >= 15 is 0 Å². The molecule has 128 valence electrons. The summed E-state index contributed by atoms with van der Waals surface area (Å²) in [6.45, 7) is 1.02. The minimum atomic E-state index is -3.64. The molecular formula is C18H16ClN3O2S. The monoisotopic (exact) mass is 373 g/mol. The Labute approximate surface area is 151 Å². The lowest BCUT2D eigenvalue weighted by Gasteiger charge is -2.09. The van der Waals surface area contributed by atoms with Gasteiger partial charge < -0.3 is 4.57 Å². The lowest BCUT2D eigenvalue weighted by Crippen LogP contribution is -2.25. The second-order valence-corrected chi connectivity index (χ2v) is 7.75. The number of aryl methyl sites for hydroxylation is 1. The number of sulfonamides is 1. The van der Waals surface area contributed by atoms with Gasteiger partial charge in [0.2, 0.25) is 10.0 Å². The normalized spacial score (nSPS) is 11.5. The molecule has 0 fully saturated rings. The standard InChI is InChI=1S/C18H16ClN3O2S/c19-17-12-16(7-6-15(17)13-20)25(23,24)21-9-3-10-22-11-8-14-4-1-2-5-18(14)22/h1-2,4-8,11-12,21H,3,9-10H2. The number of nitrogens with one attached hydrogen (secondary N) is 1. The topological polar surface area (TPSA) is 74.9 Å². The van der Waals surface area contributed by atoms with Crippen molar-refractivity contribution < 1.29 is 8.42 Å². The first kappa shape index (κ1) is 17.5. The molecule has 0 bridgehead atoms. The van der Waals surface area contributed by atoms with Crippen molar-refractivity contribution >= 4 is 32.5 Å². The van der Waals surface area contributed by atoms with E-state index in [1.807, 2.05) is 42.6 Å². The molecule has 3 aromatic rings. The number of nitriles is 1. The van der Waals surface area contributed by atoms with Crippen LogP contribution in [0.15, 0.2) is 59.6 Å². The summed E-state index contributed by atoms with van der Waals surface area (Å²) in [5, 5.41) is 10.1. The summed E-state index contributed by atoms with van der Waals surface area (Å²) in [7, 11) is -3.64. The maximum atomic E-state index is 12.3. The van der Waals surface area contributed by atoms with Crippen molar-refractivity contribution in [3.63, 3.8) is 0 Å². The molecule has 0 spiro atoms. The second kappa shape index (κ2) is 7.28. The van der Waals surface area contributed by atoms with Crippen LogP contribution in [0.3, 0.4) is 0 Å². The molecule has 0 radical (unpaired) electrons. The molecule has 0 aliphatic rings. The van der Waals surface area contributed by atoms with E-state index in [0.717, 1.165) is 10.9 Å². The van der Waals surface area contributed by atoms with Gasteiger partial charge in [0.05, 0.1) is 15.5 Å². The van der Waals surface area contributed by atoms with Crippen molar-refractivity contribution in [1.29, 1.82) is 5.26 Å². The predicted octanol–water partition coefficient (Wildman–Crippen LogP) is 3.53. The molecule has 0 atom stereocenters. The van der Waals surface area contributed by atoms with E-state index < -0.39 is 10.0 Å². The summed E-state index contributed by atoms with van der Waals surface area (Å²) in [6.07, 6.45) is 2.65. The van der Waals surface area contributed by atoms with E-state index in [1.54, 1.807) is 0 Å². The van der Waals surface area contributed by atoms with E-state index in [2.05, 4.69) is 9.29 Å². The molecule has 1 N–H and O–H groups in total. The van der Waals surface area contributed by atoms with Gasteiger partial charge in [-0.1, -0.05) is 29.8 Å². The summed E-state index contributed by atoms with van der Waals surface area (Å²) in [6, 6.07) is 16.1. The Kier molecular flexibility index (Phi) is 5.09. The summed E-state index contributed by atoms with van der Waals surface area (Å²) in [4.78, 5) is 0.0583. The van der Waals surface area contributed by atoms with Crippen LogP contribution >= 0.6 is 11.6 Å². The van der Waals surface area contributed by atoms with Crippen LogP contribution in [0.4, 0.5) is 0 Å². The SMILES string of the molecule is N#Cc1ccc(S(=O)(=O)NCCCn2ccc3ccccc32)cc1Cl. The predicted molar refractivity (Wildman–Crippen MR) is 97.9 cm³/mol. The summed E-state index contributed by atoms with van der Waals surface area (Å²) >= 11 is 5.90. The molecule has 0 amide bonds. The Balaban J connectivity index is 1.61. The highest BCUT2D eigenvalue weighted by Gasteiger charge is 2.15. The fourth-order valence-electron chi connectivity index (χ4n) is 2.63. The third-order valence-electron chi connectivity index (χ3n) is 3.92. The minimum Gasteiger partial charge on any atom is -0.347 e. The second-order valence-electron chi connectivity index (χ2n) is 5.57. The van der Waals surface area contributed by atoms with Gasteiger partial charge in [-0.25, -0.2) is 13.1 Å². The van der Waals surface area contributed by atoms with Gasteiger partial charge in [-0.05, 0) is 42.1 Å². The molecule has 25 heavy (non-hydrogen) atoms. The van der Waals surface area contributed by atoms with Crippen LogP contribution in [0, 0.1) is 11.3 Å². The van der Waals surface area contributed by atoms with E-state index in [4.69, 9.17) is 16.9 Å². The molecule has 0 saturated carbocycles. The van der Waals surface area contributed by atoms with Gasteiger partial charge in [0, 0.05) is 24.8 Å². The van der Waals surface area contributed by atoms with Gasteiger partial charge in [0.15, 0.2) is 0 Å². The lowest BCUT2D eigenvalue weighted by molar-refractivity contribution is 0.572. The fourth-order valence-corrected chi connectivity index (χ4v) is 4.02. The molecule has 5 nitrogen and oxygen atoms in total. The van der Waals surface area contributed by atoms with Crippen molar-refractivity contribution in [2.75, 3.05) is 6.54 Å². The zero-order chi connectivity index (χ0) is 17.9. The maximum Gasteiger partial charge on any atom is 0.240 e. The Morgan fingerprint density at radius 3 is 2.72 bits per heavy atom. The summed E-state index contributed by atoms with van der Waals surface area (Å²) in [5.41, 5.74) is 1.38. The number of aromatic nitrogens is 1. The molecular weight excluding hydrogens is 358 g/mol. The van der Waals surface area contributed by atoms with Gasteiger partial charge in [-0.15, -0.1) is 0 Å². The van der Waals surface area contributed by atoms with Crippen LogP contribution in [-0.2, 0) is 16.6 Å². The number of para-hydroxylation sites is 1. The van der Waals surface area contributed by atoms with Gasteiger partial charge in [0.1, 0.15) is 6.07 Å². The molecule has 3 rings (SSSR count). The molecule has 0 aliphatic carbocycles. The first-order valence-electron chi connectivity index (χ1n) is 7.74. The Hall–Kier alpha value is -2.33. The van der Waals surface area contributed by atoms with E-state index in [9.17, 15) is 8.42 Å². The van der Waals surface area contributed by atoms with Crippen LogP contribution in [0.5, 0.6) is 0 Å². The maximum absolute atomic E-state index is 12.3. The fraction of sp³-hybridized carbons (Fsp3) is 0.167. The van der Waals surface area contributed by atoms with Crippen LogP contribution in [0.2, 0.25) is 5.02 Å². The van der Waals surface area contributed by atoms with Gasteiger partial charge in [-0.3, -0.25) is 0 Å². The van der Waals surface area contributed by atoms with Crippen LogP contribution in [-0.4, -0.2) is 19.5 Å². The summed E-state index contributed by atoms with van der Waals surface area (Å²) < 4.78 is 29.3. The average Bonchev–Trinajstić information content (AvgIpc) is 3.02.